The summed E-state index contributed by atoms with van der Waals surface area (Å²) in [6, 6.07) is 8.51. The summed E-state index contributed by atoms with van der Waals surface area (Å²) in [5.41, 5.74) is 0.508. The van der Waals surface area contributed by atoms with E-state index in [2.05, 4.69) is 5.32 Å². The molecule has 112 valence electrons. The third-order valence-corrected chi connectivity index (χ3v) is 3.04. The van der Waals surface area contributed by atoms with Crippen LogP contribution in [-0.2, 0) is 0 Å². The van der Waals surface area contributed by atoms with Crippen LogP contribution in [0, 0.1) is 0 Å². The Kier molecular flexibility index (Phi) is 4.87. The highest BCUT2D eigenvalue weighted by Crippen LogP contribution is 2.28. The maximum Gasteiger partial charge on any atom is 0.252 e. The van der Waals surface area contributed by atoms with Gasteiger partial charge in [-0.25, -0.2) is 0 Å². The number of hydrogen-bond donors (Lipinski definition) is 1. The lowest BCUT2D eigenvalue weighted by Crippen LogP contribution is -2.26. The van der Waals surface area contributed by atoms with Crippen LogP contribution >= 0.6 is 0 Å². The van der Waals surface area contributed by atoms with Gasteiger partial charge < -0.3 is 19.2 Å². The average molecular weight is 289 g/mol. The fourth-order valence-corrected chi connectivity index (χ4v) is 1.97. The summed E-state index contributed by atoms with van der Waals surface area (Å²) in [5, 5.41) is 2.87. The first-order valence-electron chi connectivity index (χ1n) is 6.80. The first-order valence-corrected chi connectivity index (χ1v) is 6.80. The summed E-state index contributed by atoms with van der Waals surface area (Å²) in [7, 11) is 1.55. The number of hydrogen-bond acceptors (Lipinski definition) is 4. The van der Waals surface area contributed by atoms with Crippen LogP contribution in [0.3, 0.4) is 0 Å². The molecule has 0 saturated heterocycles. The SMILES string of the molecule is CCOc1ccc(C(=O)N[C@@H](C)c2ccco2)cc1OC. The van der Waals surface area contributed by atoms with Crippen molar-refractivity contribution in [2.75, 3.05) is 13.7 Å². The molecule has 0 aliphatic carbocycles. The molecule has 1 aromatic heterocycles. The summed E-state index contributed by atoms with van der Waals surface area (Å²) in [5.74, 6) is 1.67. The van der Waals surface area contributed by atoms with Crippen molar-refractivity contribution < 1.29 is 18.7 Å². The van der Waals surface area contributed by atoms with Gasteiger partial charge in [0.05, 0.1) is 26.0 Å². The highest BCUT2D eigenvalue weighted by atomic mass is 16.5. The van der Waals surface area contributed by atoms with Crippen LogP contribution < -0.4 is 14.8 Å². The zero-order valence-electron chi connectivity index (χ0n) is 12.4. The molecule has 21 heavy (non-hydrogen) atoms. The van der Waals surface area contributed by atoms with Crippen LogP contribution in [0.2, 0.25) is 0 Å². The summed E-state index contributed by atoms with van der Waals surface area (Å²) in [6.45, 7) is 4.30. The number of ether oxygens (including phenoxy) is 2. The van der Waals surface area contributed by atoms with Crippen LogP contribution in [0.5, 0.6) is 11.5 Å². The molecule has 1 N–H and O–H groups in total. The van der Waals surface area contributed by atoms with Crippen LogP contribution in [0.1, 0.15) is 36.0 Å². The molecule has 2 aromatic rings. The Morgan fingerprint density at radius 1 is 1.33 bits per heavy atom. The van der Waals surface area contributed by atoms with E-state index in [1.54, 1.807) is 37.6 Å². The van der Waals surface area contributed by atoms with Crippen molar-refractivity contribution in [3.05, 3.63) is 47.9 Å². The topological polar surface area (TPSA) is 60.7 Å². The van der Waals surface area contributed by atoms with E-state index in [0.29, 0.717) is 29.4 Å². The van der Waals surface area contributed by atoms with Crippen molar-refractivity contribution in [2.24, 2.45) is 0 Å². The quantitative estimate of drug-likeness (QED) is 0.887. The molecular formula is C16H19NO4. The second-order valence-electron chi connectivity index (χ2n) is 4.51. The molecule has 0 saturated carbocycles. The summed E-state index contributed by atoms with van der Waals surface area (Å²) >= 11 is 0. The van der Waals surface area contributed by atoms with Gasteiger partial charge in [0.2, 0.25) is 0 Å². The Hall–Kier alpha value is -2.43. The molecule has 5 heteroatoms. The fraction of sp³-hybridized carbons (Fsp3) is 0.312. The van der Waals surface area contributed by atoms with Crippen molar-refractivity contribution in [1.29, 1.82) is 0 Å². The zero-order valence-corrected chi connectivity index (χ0v) is 12.4. The minimum Gasteiger partial charge on any atom is -0.493 e. The molecule has 0 unspecified atom stereocenters. The van der Waals surface area contributed by atoms with E-state index < -0.39 is 0 Å². The maximum absolute atomic E-state index is 12.2. The van der Waals surface area contributed by atoms with Gasteiger partial charge in [-0.3, -0.25) is 4.79 Å². The van der Waals surface area contributed by atoms with Gasteiger partial charge in [0.15, 0.2) is 11.5 Å². The number of carbonyl (C=O) groups is 1. The smallest absolute Gasteiger partial charge is 0.252 e. The Labute approximate surface area is 123 Å². The predicted molar refractivity (Wildman–Crippen MR) is 78.8 cm³/mol. The Morgan fingerprint density at radius 3 is 2.76 bits per heavy atom. The number of carbonyl (C=O) groups excluding carboxylic acids is 1. The van der Waals surface area contributed by atoms with E-state index in [0.717, 1.165) is 0 Å². The first-order chi connectivity index (χ1) is 10.2. The first kappa shape index (κ1) is 15.0. The van der Waals surface area contributed by atoms with Gasteiger partial charge in [0.1, 0.15) is 5.76 Å². The number of amides is 1. The minimum atomic E-state index is -0.204. The normalized spacial score (nSPS) is 11.8. The van der Waals surface area contributed by atoms with Crippen molar-refractivity contribution in [3.63, 3.8) is 0 Å². The molecule has 0 radical (unpaired) electrons. The number of nitrogens with one attached hydrogen (secondary N) is 1. The van der Waals surface area contributed by atoms with Crippen molar-refractivity contribution >= 4 is 5.91 Å². The summed E-state index contributed by atoms with van der Waals surface area (Å²) < 4.78 is 15.9. The molecule has 1 aromatic carbocycles. The van der Waals surface area contributed by atoms with E-state index in [1.165, 1.54) is 0 Å². The van der Waals surface area contributed by atoms with Gasteiger partial charge in [-0.1, -0.05) is 0 Å². The lowest BCUT2D eigenvalue weighted by atomic mass is 10.1. The number of benzene rings is 1. The molecule has 0 fully saturated rings. The van der Waals surface area contributed by atoms with Crippen LogP contribution in [0.15, 0.2) is 41.0 Å². The Bertz CT molecular complexity index is 592. The summed E-state index contributed by atoms with van der Waals surface area (Å²) in [4.78, 5) is 12.2. The minimum absolute atomic E-state index is 0.194. The third kappa shape index (κ3) is 3.56. The van der Waals surface area contributed by atoms with E-state index >= 15 is 0 Å². The number of methoxy groups -OCH3 is 1. The molecule has 1 amide bonds. The summed E-state index contributed by atoms with van der Waals surface area (Å²) in [6.07, 6.45) is 1.58. The van der Waals surface area contributed by atoms with Gasteiger partial charge in [-0.05, 0) is 44.2 Å². The van der Waals surface area contributed by atoms with Gasteiger partial charge in [0, 0.05) is 5.56 Å². The van der Waals surface area contributed by atoms with Crippen LogP contribution in [0.4, 0.5) is 0 Å². The van der Waals surface area contributed by atoms with Crippen molar-refractivity contribution in [1.82, 2.24) is 5.32 Å². The predicted octanol–water partition coefficient (Wildman–Crippen LogP) is 3.18. The Morgan fingerprint density at radius 2 is 2.14 bits per heavy atom. The molecule has 0 bridgehead atoms. The third-order valence-electron chi connectivity index (χ3n) is 3.04. The van der Waals surface area contributed by atoms with Gasteiger partial charge >= 0.3 is 0 Å². The highest BCUT2D eigenvalue weighted by molar-refractivity contribution is 5.95. The van der Waals surface area contributed by atoms with Crippen molar-refractivity contribution in [2.45, 2.75) is 19.9 Å². The number of furan rings is 1. The van der Waals surface area contributed by atoms with E-state index in [9.17, 15) is 4.79 Å². The molecular weight excluding hydrogens is 270 g/mol. The lowest BCUT2D eigenvalue weighted by molar-refractivity contribution is 0.0935. The Balaban J connectivity index is 2.12. The molecule has 0 aliphatic heterocycles. The molecule has 1 atom stereocenters. The second-order valence-corrected chi connectivity index (χ2v) is 4.51. The number of rotatable bonds is 6. The fourth-order valence-electron chi connectivity index (χ4n) is 1.97. The molecule has 1 heterocycles. The second kappa shape index (κ2) is 6.83. The molecule has 0 spiro atoms. The van der Waals surface area contributed by atoms with E-state index in [-0.39, 0.29) is 11.9 Å². The van der Waals surface area contributed by atoms with Gasteiger partial charge in [0.25, 0.3) is 5.91 Å². The molecule has 2 rings (SSSR count). The van der Waals surface area contributed by atoms with Gasteiger partial charge in [-0.15, -0.1) is 0 Å². The average Bonchev–Trinajstić information content (AvgIpc) is 3.02. The zero-order chi connectivity index (χ0) is 15.2. The van der Waals surface area contributed by atoms with Crippen LogP contribution in [0.25, 0.3) is 0 Å². The monoisotopic (exact) mass is 289 g/mol. The van der Waals surface area contributed by atoms with E-state index in [1.807, 2.05) is 19.9 Å². The van der Waals surface area contributed by atoms with E-state index in [4.69, 9.17) is 13.9 Å². The lowest BCUT2D eigenvalue weighted by Gasteiger charge is -2.13. The van der Waals surface area contributed by atoms with Gasteiger partial charge in [-0.2, -0.15) is 0 Å². The molecule has 5 nitrogen and oxygen atoms in total. The maximum atomic E-state index is 12.2. The standard InChI is InChI=1S/C16H19NO4/c1-4-20-14-8-7-12(10-15(14)19-3)16(18)17-11(2)13-6-5-9-21-13/h5-11H,4H2,1-3H3,(H,17,18)/t11-/m0/s1. The van der Waals surface area contributed by atoms with Crippen molar-refractivity contribution in [3.8, 4) is 11.5 Å². The van der Waals surface area contributed by atoms with Crippen LogP contribution in [-0.4, -0.2) is 19.6 Å². The molecule has 0 aliphatic rings. The largest absolute Gasteiger partial charge is 0.493 e. The highest BCUT2D eigenvalue weighted by Gasteiger charge is 2.15.